The second-order valence-corrected chi connectivity index (χ2v) is 16.2. The summed E-state index contributed by atoms with van der Waals surface area (Å²) in [6, 6.07) is -2.69. The van der Waals surface area contributed by atoms with E-state index in [2.05, 4.69) is 55.3 Å². The predicted octanol–water partition coefficient (Wildman–Crippen LogP) is -3.24. The summed E-state index contributed by atoms with van der Waals surface area (Å²) in [7, 11) is 0. The molecular formula is C43H67N11O16S. The third-order valence-corrected chi connectivity index (χ3v) is 10.7. The molecule has 0 aliphatic carbocycles. The van der Waals surface area contributed by atoms with Crippen molar-refractivity contribution in [1.82, 2.24) is 47.6 Å². The molecule has 0 aliphatic heterocycles. The van der Waals surface area contributed by atoms with Crippen molar-refractivity contribution >= 4 is 83.9 Å². The number of hydrogen-bond donors (Lipinski definition) is 14. The third-order valence-electron chi connectivity index (χ3n) is 10.3. The van der Waals surface area contributed by atoms with Crippen LogP contribution in [0.2, 0.25) is 0 Å². The molecule has 0 spiro atoms. The monoisotopic (exact) mass is 1030 g/mol. The zero-order valence-electron chi connectivity index (χ0n) is 39.7. The molecule has 1 aromatic carbocycles. The van der Waals surface area contributed by atoms with Crippen LogP contribution in [-0.4, -0.2) is 166 Å². The van der Waals surface area contributed by atoms with Crippen LogP contribution in [0.15, 0.2) is 30.3 Å². The fourth-order valence-electron chi connectivity index (χ4n) is 6.34. The summed E-state index contributed by atoms with van der Waals surface area (Å²) in [5.41, 5.74) is 13.8. The van der Waals surface area contributed by atoms with E-state index in [1.54, 1.807) is 44.2 Å². The first-order valence-corrected chi connectivity index (χ1v) is 23.3. The highest BCUT2D eigenvalue weighted by Crippen LogP contribution is 2.09. The molecule has 1 unspecified atom stereocenters. The molecular weight excluding hydrogens is 959 g/mol. The van der Waals surface area contributed by atoms with Crippen molar-refractivity contribution in [2.75, 3.05) is 31.9 Å². The van der Waals surface area contributed by atoms with Crippen molar-refractivity contribution in [1.29, 1.82) is 0 Å². The average molecular weight is 1030 g/mol. The summed E-state index contributed by atoms with van der Waals surface area (Å²) in [5.74, 6) is -12.5. The lowest BCUT2D eigenvalue weighted by Crippen LogP contribution is -2.60. The summed E-state index contributed by atoms with van der Waals surface area (Å²) >= 11 is 4.11. The van der Waals surface area contributed by atoms with Gasteiger partial charge in [-0.2, -0.15) is 18.1 Å². The molecule has 0 heterocycles. The normalized spacial score (nSPS) is 13.7. The lowest BCUT2D eigenvalue weighted by atomic mass is 10.0. The van der Waals surface area contributed by atoms with Gasteiger partial charge in [-0.1, -0.05) is 30.3 Å². The number of carbonyl (C=O) groups is 12. The second-order valence-electron chi connectivity index (χ2n) is 15.9. The fraction of sp³-hybridized carbons (Fsp3) is 0.581. The van der Waals surface area contributed by atoms with Crippen LogP contribution in [0.4, 0.5) is 4.79 Å². The first-order valence-electron chi connectivity index (χ1n) is 22.7. The predicted molar refractivity (Wildman–Crippen MR) is 253 cm³/mol. The highest BCUT2D eigenvalue weighted by molar-refractivity contribution is 7.80. The summed E-state index contributed by atoms with van der Waals surface area (Å²) in [6.07, 6.45) is -3.61. The van der Waals surface area contributed by atoms with E-state index in [1.165, 1.54) is 11.8 Å². The van der Waals surface area contributed by atoms with E-state index in [-0.39, 0.29) is 44.5 Å². The number of aliphatic carboxylic acids is 3. The van der Waals surface area contributed by atoms with E-state index in [0.717, 1.165) is 0 Å². The number of benzene rings is 1. The van der Waals surface area contributed by atoms with Crippen molar-refractivity contribution in [3.05, 3.63) is 35.9 Å². The van der Waals surface area contributed by atoms with Crippen LogP contribution < -0.4 is 54.2 Å². The van der Waals surface area contributed by atoms with Crippen molar-refractivity contribution in [3.8, 4) is 0 Å². The van der Waals surface area contributed by atoms with E-state index in [4.69, 9.17) is 16.3 Å². The van der Waals surface area contributed by atoms with Gasteiger partial charge >= 0.3 is 24.0 Å². The van der Waals surface area contributed by atoms with E-state index < -0.39 is 146 Å². The van der Waals surface area contributed by atoms with E-state index >= 15 is 0 Å². The Balaban J connectivity index is 3.16. The summed E-state index contributed by atoms with van der Waals surface area (Å²) in [4.78, 5) is 159. The van der Waals surface area contributed by atoms with Gasteiger partial charge in [-0.3, -0.25) is 47.9 Å². The van der Waals surface area contributed by atoms with Gasteiger partial charge in [-0.15, -0.1) is 0 Å². The van der Waals surface area contributed by atoms with E-state index in [0.29, 0.717) is 25.1 Å². The Labute approximate surface area is 414 Å². The van der Waals surface area contributed by atoms with Gasteiger partial charge < -0.3 is 73.7 Å². The topological polar surface area (TPSA) is 426 Å². The van der Waals surface area contributed by atoms with Crippen molar-refractivity contribution < 1.29 is 77.7 Å². The number of nitrogens with two attached hydrogens (primary N) is 2. The third kappa shape index (κ3) is 24.9. The van der Waals surface area contributed by atoms with E-state index in [9.17, 15) is 72.9 Å². The van der Waals surface area contributed by atoms with Gasteiger partial charge in [0.25, 0.3) is 0 Å². The largest absolute Gasteiger partial charge is 0.481 e. The van der Waals surface area contributed by atoms with Gasteiger partial charge in [0.15, 0.2) is 0 Å². The SMILES string of the molecule is CCN(CC)C(=O)ONCCC(=O)N[C@@H](CCC(=O)O)C(=O)N[C@@H](CS)C(=O)NC(C)C(=O)N[C@@H](CCCCN)C(=O)N[C@@H](CCC(N)=O)C(=O)N[C@@H](CC(=O)O)C(=O)N[C@@H](Cc1ccccc1)C(=O)O. The number of carboxylic acid groups (broad SMARTS) is 3. The average Bonchev–Trinajstić information content (AvgIpc) is 3.31. The Bertz CT molecular complexity index is 2000. The molecule has 0 saturated heterocycles. The van der Waals surface area contributed by atoms with Gasteiger partial charge in [0, 0.05) is 51.1 Å². The van der Waals surface area contributed by atoms with Crippen LogP contribution in [0.3, 0.4) is 0 Å². The molecule has 0 radical (unpaired) electrons. The Morgan fingerprint density at radius 3 is 1.66 bits per heavy atom. The Morgan fingerprint density at radius 1 is 0.620 bits per heavy atom. The maximum absolute atomic E-state index is 13.8. The number of carboxylic acids is 3. The van der Waals surface area contributed by atoms with Crippen molar-refractivity contribution in [2.24, 2.45) is 11.5 Å². The Morgan fingerprint density at radius 2 is 1.13 bits per heavy atom. The number of hydrogen-bond acceptors (Lipinski definition) is 16. The summed E-state index contributed by atoms with van der Waals surface area (Å²) in [5, 5.41) is 44.9. The van der Waals surface area contributed by atoms with Crippen LogP contribution in [0.5, 0.6) is 0 Å². The van der Waals surface area contributed by atoms with Gasteiger partial charge in [-0.25, -0.2) is 9.59 Å². The Kier molecular flexibility index (Phi) is 29.2. The van der Waals surface area contributed by atoms with Gasteiger partial charge in [0.05, 0.1) is 6.42 Å². The molecule has 396 valence electrons. The smallest absolute Gasteiger partial charge is 0.428 e. The maximum Gasteiger partial charge on any atom is 0.428 e. The van der Waals surface area contributed by atoms with Crippen LogP contribution in [-0.2, 0) is 64.0 Å². The van der Waals surface area contributed by atoms with Crippen molar-refractivity contribution in [2.45, 2.75) is 127 Å². The number of amides is 9. The lowest BCUT2D eigenvalue weighted by Gasteiger charge is -2.26. The molecule has 0 saturated carbocycles. The first-order chi connectivity index (χ1) is 33.6. The Hall–Kier alpha value is -7.07. The minimum atomic E-state index is -1.87. The quantitative estimate of drug-likeness (QED) is 0.0180. The highest BCUT2D eigenvalue weighted by atomic mass is 32.1. The molecule has 1 rings (SSSR count). The number of unbranched alkanes of at least 4 members (excludes halogenated alkanes) is 1. The molecule has 7 atom stereocenters. The van der Waals surface area contributed by atoms with Gasteiger partial charge in [0.2, 0.25) is 47.3 Å². The number of nitrogens with one attached hydrogen (secondary N) is 8. The number of nitrogens with zero attached hydrogens (tertiary/aromatic N) is 1. The minimum absolute atomic E-state index is 0.0854. The van der Waals surface area contributed by atoms with Gasteiger partial charge in [0.1, 0.15) is 42.3 Å². The highest BCUT2D eigenvalue weighted by Gasteiger charge is 2.34. The number of thiol groups is 1. The zero-order chi connectivity index (χ0) is 53.6. The molecule has 9 amide bonds. The molecule has 0 aromatic heterocycles. The molecule has 28 heteroatoms. The van der Waals surface area contributed by atoms with Gasteiger partial charge in [-0.05, 0) is 65.0 Å². The van der Waals surface area contributed by atoms with E-state index in [1.807, 2.05) is 0 Å². The van der Waals surface area contributed by atoms with Crippen LogP contribution in [0.1, 0.15) is 84.1 Å². The molecule has 1 aromatic rings. The van der Waals surface area contributed by atoms with Crippen LogP contribution >= 0.6 is 12.6 Å². The van der Waals surface area contributed by atoms with Crippen molar-refractivity contribution in [3.63, 3.8) is 0 Å². The van der Waals surface area contributed by atoms with Crippen LogP contribution in [0.25, 0.3) is 0 Å². The maximum atomic E-state index is 13.8. The standard InChI is InChI=1S/C43H67N11O16S/c1-4-54(5-2)43(69)70-46-20-18-33(56)48-27(15-17-34(57)58)38(63)53-31(23-71)41(66)47-24(3)36(61)49-26(13-9-10-19-44)37(62)50-28(14-16-32(45)55)39(64)51-29(22-35(59)60)40(65)52-30(42(67)68)21-25-11-7-6-8-12-25/h6-8,11-12,24,26-31,46,71H,4-5,9-10,13-23,44H2,1-3H3,(H2,45,55)(H,47,66)(H,48,56)(H,49,61)(H,50,62)(H,51,64)(H,52,65)(H,53,63)(H,57,58)(H,59,60)(H,67,68)/t24?,26-,27-,28-,29-,30-,31-/m0/s1. The van der Waals surface area contributed by atoms with Crippen LogP contribution in [0, 0.1) is 0 Å². The number of hydroxylamine groups is 1. The number of rotatable bonds is 35. The fourth-order valence-corrected chi connectivity index (χ4v) is 6.59. The number of primary amides is 1. The molecule has 0 bridgehead atoms. The first kappa shape index (κ1) is 61.9. The second kappa shape index (κ2) is 33.5. The molecule has 0 aliphatic rings. The lowest BCUT2D eigenvalue weighted by molar-refractivity contribution is -0.143. The molecule has 27 nitrogen and oxygen atoms in total. The minimum Gasteiger partial charge on any atom is -0.481 e. The molecule has 71 heavy (non-hydrogen) atoms. The molecule has 15 N–H and O–H groups in total. The summed E-state index contributed by atoms with van der Waals surface area (Å²) in [6.45, 7) is 5.47. The molecule has 0 fully saturated rings. The number of carbonyl (C=O) groups excluding carboxylic acids is 9. The zero-order valence-corrected chi connectivity index (χ0v) is 40.6. The summed E-state index contributed by atoms with van der Waals surface area (Å²) < 4.78 is 0.